The molecule has 0 fully saturated rings. The van der Waals surface area contributed by atoms with Gasteiger partial charge in [0.05, 0.1) is 11.5 Å². The number of nitrogen functional groups attached to an aromatic ring is 1. The third-order valence-corrected chi connectivity index (χ3v) is 3.64. The van der Waals surface area contributed by atoms with Crippen molar-refractivity contribution in [2.24, 2.45) is 5.14 Å². The lowest BCUT2D eigenvalue weighted by molar-refractivity contribution is 0.322. The molecule has 0 spiro atoms. The van der Waals surface area contributed by atoms with Gasteiger partial charge in [0.2, 0.25) is 10.0 Å². The van der Waals surface area contributed by atoms with E-state index in [0.29, 0.717) is 11.4 Å². The summed E-state index contributed by atoms with van der Waals surface area (Å²) in [6.07, 6.45) is 0. The van der Waals surface area contributed by atoms with Crippen LogP contribution in [-0.4, -0.2) is 25.9 Å². The maximum Gasteiger partial charge on any atom is 0.238 e. The standard InChI is InChI=1S/C8H12N2O3S2/c9-7-5-6(15(10,12)13)1-2-8(7)14-4-3-11/h1-2,5,11H,3-4,9H2,(H2,10,12,13). The Morgan fingerprint density at radius 3 is 2.53 bits per heavy atom. The largest absolute Gasteiger partial charge is 0.398 e. The Labute approximate surface area is 92.5 Å². The van der Waals surface area contributed by atoms with Crippen LogP contribution in [0.15, 0.2) is 28.0 Å². The average Bonchev–Trinajstić information content (AvgIpc) is 2.14. The van der Waals surface area contributed by atoms with Crippen LogP contribution >= 0.6 is 11.8 Å². The number of hydrogen-bond acceptors (Lipinski definition) is 5. The summed E-state index contributed by atoms with van der Waals surface area (Å²) in [7, 11) is -3.70. The zero-order valence-corrected chi connectivity index (χ0v) is 9.51. The van der Waals surface area contributed by atoms with Crippen LogP contribution in [0.1, 0.15) is 0 Å². The summed E-state index contributed by atoms with van der Waals surface area (Å²) in [6, 6.07) is 4.29. The highest BCUT2D eigenvalue weighted by molar-refractivity contribution is 7.99. The van der Waals surface area contributed by atoms with Crippen molar-refractivity contribution in [1.29, 1.82) is 0 Å². The number of hydrogen-bond donors (Lipinski definition) is 3. The van der Waals surface area contributed by atoms with E-state index in [2.05, 4.69) is 0 Å². The molecule has 7 heteroatoms. The van der Waals surface area contributed by atoms with Crippen LogP contribution < -0.4 is 10.9 Å². The first-order valence-corrected chi connectivity index (χ1v) is 6.64. The minimum atomic E-state index is -3.70. The van der Waals surface area contributed by atoms with Crippen LogP contribution in [0.4, 0.5) is 5.69 Å². The molecule has 0 radical (unpaired) electrons. The fourth-order valence-corrected chi connectivity index (χ4v) is 2.24. The van der Waals surface area contributed by atoms with E-state index in [-0.39, 0.29) is 11.5 Å². The Hall–Kier alpha value is -0.760. The molecule has 15 heavy (non-hydrogen) atoms. The van der Waals surface area contributed by atoms with Gasteiger partial charge in [-0.05, 0) is 18.2 Å². The predicted octanol–water partition coefficient (Wildman–Crippen LogP) is 0.000600. The fraction of sp³-hybridized carbons (Fsp3) is 0.250. The Kier molecular flexibility index (Phi) is 3.97. The number of anilines is 1. The third kappa shape index (κ3) is 3.38. The molecule has 5 nitrogen and oxygen atoms in total. The normalized spacial score (nSPS) is 11.6. The van der Waals surface area contributed by atoms with Crippen LogP contribution in [0.5, 0.6) is 0 Å². The fourth-order valence-electron chi connectivity index (χ4n) is 0.991. The molecule has 0 aliphatic carbocycles. The van der Waals surface area contributed by atoms with E-state index in [4.69, 9.17) is 16.0 Å². The Bertz CT molecular complexity index is 445. The van der Waals surface area contributed by atoms with Gasteiger partial charge >= 0.3 is 0 Å². The van der Waals surface area contributed by atoms with Crippen molar-refractivity contribution in [3.8, 4) is 0 Å². The Balaban J connectivity index is 2.99. The number of nitrogens with two attached hydrogens (primary N) is 2. The molecular weight excluding hydrogens is 236 g/mol. The molecular formula is C8H12N2O3S2. The SMILES string of the molecule is Nc1cc(S(N)(=O)=O)ccc1SCCO. The maximum absolute atomic E-state index is 11.0. The van der Waals surface area contributed by atoms with Gasteiger partial charge in [-0.15, -0.1) is 11.8 Å². The van der Waals surface area contributed by atoms with Crippen molar-refractivity contribution in [2.45, 2.75) is 9.79 Å². The van der Waals surface area contributed by atoms with Gasteiger partial charge in [-0.1, -0.05) is 0 Å². The van der Waals surface area contributed by atoms with E-state index in [0.717, 1.165) is 4.90 Å². The molecule has 1 aromatic rings. The van der Waals surface area contributed by atoms with E-state index in [1.807, 2.05) is 0 Å². The Morgan fingerprint density at radius 1 is 1.40 bits per heavy atom. The first-order valence-electron chi connectivity index (χ1n) is 4.11. The van der Waals surface area contributed by atoms with Gasteiger partial charge in [0.1, 0.15) is 0 Å². The highest BCUT2D eigenvalue weighted by Crippen LogP contribution is 2.26. The number of sulfonamides is 1. The molecule has 0 unspecified atom stereocenters. The minimum absolute atomic E-state index is 0.00616. The van der Waals surface area contributed by atoms with Gasteiger partial charge in [0, 0.05) is 16.3 Å². The molecule has 84 valence electrons. The van der Waals surface area contributed by atoms with Crippen LogP contribution in [0.2, 0.25) is 0 Å². The molecule has 0 aliphatic heterocycles. The second kappa shape index (κ2) is 4.84. The summed E-state index contributed by atoms with van der Waals surface area (Å²) < 4.78 is 22.0. The smallest absolute Gasteiger partial charge is 0.238 e. The molecule has 1 rings (SSSR count). The molecule has 0 aromatic heterocycles. The lowest BCUT2D eigenvalue weighted by Gasteiger charge is -2.05. The van der Waals surface area contributed by atoms with Gasteiger partial charge in [0.15, 0.2) is 0 Å². The van der Waals surface area contributed by atoms with Crippen molar-refractivity contribution in [1.82, 2.24) is 0 Å². The lowest BCUT2D eigenvalue weighted by Crippen LogP contribution is -2.12. The predicted molar refractivity (Wildman–Crippen MR) is 60.0 cm³/mol. The van der Waals surface area contributed by atoms with Crippen molar-refractivity contribution < 1.29 is 13.5 Å². The summed E-state index contributed by atoms with van der Waals surface area (Å²) in [4.78, 5) is 0.727. The molecule has 5 N–H and O–H groups in total. The van der Waals surface area contributed by atoms with Crippen molar-refractivity contribution in [2.75, 3.05) is 18.1 Å². The number of aliphatic hydroxyl groups is 1. The molecule has 0 heterocycles. The summed E-state index contributed by atoms with van der Waals surface area (Å²) in [5, 5.41) is 13.6. The van der Waals surface area contributed by atoms with Gasteiger partial charge in [-0.3, -0.25) is 0 Å². The molecule has 0 amide bonds. The van der Waals surface area contributed by atoms with Gasteiger partial charge in [-0.2, -0.15) is 0 Å². The molecule has 0 saturated heterocycles. The first kappa shape index (κ1) is 12.3. The van der Waals surface area contributed by atoms with Crippen LogP contribution in [0.3, 0.4) is 0 Å². The van der Waals surface area contributed by atoms with Crippen LogP contribution in [0.25, 0.3) is 0 Å². The highest BCUT2D eigenvalue weighted by Gasteiger charge is 2.09. The van der Waals surface area contributed by atoms with E-state index in [1.54, 1.807) is 6.07 Å². The summed E-state index contributed by atoms with van der Waals surface area (Å²) in [5.74, 6) is 0.513. The second-order valence-corrected chi connectivity index (χ2v) is 5.51. The quantitative estimate of drug-likeness (QED) is 0.513. The van der Waals surface area contributed by atoms with E-state index in [9.17, 15) is 8.42 Å². The molecule has 0 bridgehead atoms. The molecule has 0 aliphatic rings. The summed E-state index contributed by atoms with van der Waals surface area (Å²) in [5.41, 5.74) is 5.98. The van der Waals surface area contributed by atoms with Gasteiger partial charge in [0.25, 0.3) is 0 Å². The number of aliphatic hydroxyl groups excluding tert-OH is 1. The van der Waals surface area contributed by atoms with E-state index >= 15 is 0 Å². The number of rotatable bonds is 4. The van der Waals surface area contributed by atoms with Crippen molar-refractivity contribution in [3.63, 3.8) is 0 Å². The Morgan fingerprint density at radius 2 is 2.07 bits per heavy atom. The van der Waals surface area contributed by atoms with E-state index in [1.165, 1.54) is 23.9 Å². The molecule has 0 atom stereocenters. The summed E-state index contributed by atoms with van der Waals surface area (Å²) >= 11 is 1.36. The second-order valence-electron chi connectivity index (χ2n) is 2.82. The monoisotopic (exact) mass is 248 g/mol. The van der Waals surface area contributed by atoms with E-state index < -0.39 is 10.0 Å². The zero-order valence-electron chi connectivity index (χ0n) is 7.88. The summed E-state index contributed by atoms with van der Waals surface area (Å²) in [6.45, 7) is 0.0427. The topological polar surface area (TPSA) is 106 Å². The van der Waals surface area contributed by atoms with Gasteiger partial charge in [-0.25, -0.2) is 13.6 Å². The first-order chi connectivity index (χ1) is 6.95. The van der Waals surface area contributed by atoms with Crippen molar-refractivity contribution >= 4 is 27.5 Å². The van der Waals surface area contributed by atoms with Crippen molar-refractivity contribution in [3.05, 3.63) is 18.2 Å². The number of primary sulfonamides is 1. The lowest BCUT2D eigenvalue weighted by atomic mass is 10.3. The maximum atomic E-state index is 11.0. The molecule has 0 saturated carbocycles. The van der Waals surface area contributed by atoms with Gasteiger partial charge < -0.3 is 10.8 Å². The zero-order chi connectivity index (χ0) is 11.5. The minimum Gasteiger partial charge on any atom is -0.398 e. The average molecular weight is 248 g/mol. The third-order valence-electron chi connectivity index (χ3n) is 1.66. The number of benzene rings is 1. The highest BCUT2D eigenvalue weighted by atomic mass is 32.2. The van der Waals surface area contributed by atoms with Crippen LogP contribution in [0, 0.1) is 0 Å². The number of thioether (sulfide) groups is 1. The molecule has 1 aromatic carbocycles. The van der Waals surface area contributed by atoms with Crippen LogP contribution in [-0.2, 0) is 10.0 Å².